The zero-order valence-corrected chi connectivity index (χ0v) is 10.7. The Morgan fingerprint density at radius 1 is 0.941 bits per heavy atom. The molecule has 1 heterocycles. The molecule has 0 bridgehead atoms. The second-order valence-electron chi connectivity index (χ2n) is 3.92. The summed E-state index contributed by atoms with van der Waals surface area (Å²) in [4.78, 5) is 4.17. The molecule has 17 heavy (non-hydrogen) atoms. The number of halogens is 1. The van der Waals surface area contributed by atoms with Gasteiger partial charge in [-0.2, -0.15) is 0 Å². The van der Waals surface area contributed by atoms with E-state index in [1.165, 1.54) is 16.5 Å². The standard InChI is InChI=1S/C15H10BrN/c16-13-8-12-10-17-7-6-14(12)15(9-13)11-4-2-1-3-5-11/h1-10H. The first kappa shape index (κ1) is 10.5. The second kappa shape index (κ2) is 4.30. The number of hydrogen-bond donors (Lipinski definition) is 0. The van der Waals surface area contributed by atoms with Gasteiger partial charge in [-0.1, -0.05) is 46.3 Å². The fraction of sp³-hybridized carbons (Fsp3) is 0. The molecule has 0 unspecified atom stereocenters. The summed E-state index contributed by atoms with van der Waals surface area (Å²) in [5.74, 6) is 0. The van der Waals surface area contributed by atoms with E-state index < -0.39 is 0 Å². The van der Waals surface area contributed by atoms with Crippen LogP contribution < -0.4 is 0 Å². The quantitative estimate of drug-likeness (QED) is 0.633. The molecular weight excluding hydrogens is 274 g/mol. The molecule has 0 fully saturated rings. The molecule has 3 rings (SSSR count). The average molecular weight is 284 g/mol. The summed E-state index contributed by atoms with van der Waals surface area (Å²) < 4.78 is 1.08. The molecule has 3 aromatic rings. The maximum atomic E-state index is 4.17. The molecular formula is C15H10BrN. The lowest BCUT2D eigenvalue weighted by molar-refractivity contribution is 1.36. The van der Waals surface area contributed by atoms with Crippen LogP contribution in [0.2, 0.25) is 0 Å². The zero-order chi connectivity index (χ0) is 11.7. The lowest BCUT2D eigenvalue weighted by atomic mass is 10.00. The van der Waals surface area contributed by atoms with Crippen molar-refractivity contribution in [2.75, 3.05) is 0 Å². The maximum absolute atomic E-state index is 4.17. The third-order valence-electron chi connectivity index (χ3n) is 2.80. The highest BCUT2D eigenvalue weighted by atomic mass is 79.9. The molecule has 1 aromatic heterocycles. The van der Waals surface area contributed by atoms with Crippen molar-refractivity contribution >= 4 is 26.7 Å². The van der Waals surface area contributed by atoms with Gasteiger partial charge in [-0.3, -0.25) is 4.98 Å². The molecule has 1 nitrogen and oxygen atoms in total. The Labute approximate surface area is 108 Å². The Morgan fingerprint density at radius 3 is 2.59 bits per heavy atom. The highest BCUT2D eigenvalue weighted by molar-refractivity contribution is 9.10. The van der Waals surface area contributed by atoms with Crippen LogP contribution in [0.3, 0.4) is 0 Å². The van der Waals surface area contributed by atoms with Gasteiger partial charge in [0.2, 0.25) is 0 Å². The number of nitrogens with zero attached hydrogens (tertiary/aromatic N) is 1. The summed E-state index contributed by atoms with van der Waals surface area (Å²) >= 11 is 3.55. The third-order valence-corrected chi connectivity index (χ3v) is 3.26. The monoisotopic (exact) mass is 283 g/mol. The number of fused-ring (bicyclic) bond motifs is 1. The van der Waals surface area contributed by atoms with Crippen molar-refractivity contribution in [2.45, 2.75) is 0 Å². The Bertz CT molecular complexity index is 662. The molecule has 0 saturated carbocycles. The van der Waals surface area contributed by atoms with Gasteiger partial charge in [0, 0.05) is 22.3 Å². The normalized spacial score (nSPS) is 10.6. The van der Waals surface area contributed by atoms with Gasteiger partial charge in [0.25, 0.3) is 0 Å². The van der Waals surface area contributed by atoms with Gasteiger partial charge < -0.3 is 0 Å². The number of aromatic nitrogens is 1. The molecule has 0 aliphatic carbocycles. The van der Waals surface area contributed by atoms with Crippen LogP contribution in [-0.2, 0) is 0 Å². The van der Waals surface area contributed by atoms with Gasteiger partial charge in [-0.15, -0.1) is 0 Å². The minimum atomic E-state index is 1.08. The molecule has 0 N–H and O–H groups in total. The van der Waals surface area contributed by atoms with Crippen LogP contribution in [0.1, 0.15) is 0 Å². The minimum absolute atomic E-state index is 1.08. The highest BCUT2D eigenvalue weighted by Crippen LogP contribution is 2.31. The molecule has 2 aromatic carbocycles. The van der Waals surface area contributed by atoms with Gasteiger partial charge in [-0.05, 0) is 34.7 Å². The molecule has 0 atom stereocenters. The summed E-state index contributed by atoms with van der Waals surface area (Å²) in [5.41, 5.74) is 2.46. The molecule has 2 heteroatoms. The van der Waals surface area contributed by atoms with E-state index in [1.54, 1.807) is 0 Å². The molecule has 0 radical (unpaired) electrons. The summed E-state index contributed by atoms with van der Waals surface area (Å²) in [6, 6.07) is 16.7. The van der Waals surface area contributed by atoms with E-state index in [4.69, 9.17) is 0 Å². The van der Waals surface area contributed by atoms with Gasteiger partial charge in [0.1, 0.15) is 0 Å². The van der Waals surface area contributed by atoms with Crippen LogP contribution in [0.4, 0.5) is 0 Å². The van der Waals surface area contributed by atoms with Crippen molar-refractivity contribution in [3.63, 3.8) is 0 Å². The maximum Gasteiger partial charge on any atom is 0.0346 e. The van der Waals surface area contributed by atoms with E-state index in [-0.39, 0.29) is 0 Å². The molecule has 0 aliphatic rings. The molecule has 82 valence electrons. The summed E-state index contributed by atoms with van der Waals surface area (Å²) in [6.07, 6.45) is 3.73. The predicted octanol–water partition coefficient (Wildman–Crippen LogP) is 4.66. The van der Waals surface area contributed by atoms with Crippen molar-refractivity contribution < 1.29 is 0 Å². The van der Waals surface area contributed by atoms with E-state index in [0.29, 0.717) is 0 Å². The van der Waals surface area contributed by atoms with Crippen LogP contribution >= 0.6 is 15.9 Å². The first-order chi connectivity index (χ1) is 8.34. The van der Waals surface area contributed by atoms with E-state index >= 15 is 0 Å². The van der Waals surface area contributed by atoms with Crippen molar-refractivity contribution in [2.24, 2.45) is 0 Å². The van der Waals surface area contributed by atoms with Crippen LogP contribution in [0, 0.1) is 0 Å². The van der Waals surface area contributed by atoms with E-state index in [9.17, 15) is 0 Å². The average Bonchev–Trinajstić information content (AvgIpc) is 2.39. The highest BCUT2D eigenvalue weighted by Gasteiger charge is 2.04. The van der Waals surface area contributed by atoms with Crippen LogP contribution in [-0.4, -0.2) is 4.98 Å². The third kappa shape index (κ3) is 1.96. The molecule has 0 amide bonds. The summed E-state index contributed by atoms with van der Waals surface area (Å²) in [6.45, 7) is 0. The minimum Gasteiger partial charge on any atom is -0.264 e. The van der Waals surface area contributed by atoms with Gasteiger partial charge >= 0.3 is 0 Å². The van der Waals surface area contributed by atoms with Crippen molar-refractivity contribution in [1.29, 1.82) is 0 Å². The Kier molecular flexibility index (Phi) is 2.65. The Hall–Kier alpha value is -1.67. The molecule has 0 saturated heterocycles. The largest absolute Gasteiger partial charge is 0.264 e. The van der Waals surface area contributed by atoms with E-state index in [1.807, 2.05) is 18.5 Å². The van der Waals surface area contributed by atoms with Crippen LogP contribution in [0.5, 0.6) is 0 Å². The fourth-order valence-corrected chi connectivity index (χ4v) is 2.50. The van der Waals surface area contributed by atoms with Gasteiger partial charge in [0.05, 0.1) is 0 Å². The second-order valence-corrected chi connectivity index (χ2v) is 4.83. The number of benzene rings is 2. The van der Waals surface area contributed by atoms with Crippen molar-refractivity contribution in [3.8, 4) is 11.1 Å². The van der Waals surface area contributed by atoms with E-state index in [0.717, 1.165) is 9.86 Å². The van der Waals surface area contributed by atoms with Crippen LogP contribution in [0.25, 0.3) is 21.9 Å². The predicted molar refractivity (Wildman–Crippen MR) is 74.9 cm³/mol. The SMILES string of the molecule is Brc1cc(-c2ccccc2)c2ccncc2c1. The lowest BCUT2D eigenvalue weighted by Crippen LogP contribution is -1.83. The Morgan fingerprint density at radius 2 is 1.76 bits per heavy atom. The first-order valence-corrected chi connectivity index (χ1v) is 6.22. The molecule has 0 aliphatic heterocycles. The van der Waals surface area contributed by atoms with Crippen LogP contribution in [0.15, 0.2) is 65.4 Å². The fourth-order valence-electron chi connectivity index (χ4n) is 2.03. The Balaban J connectivity index is 2.36. The number of pyridine rings is 1. The van der Waals surface area contributed by atoms with Gasteiger partial charge in [0.15, 0.2) is 0 Å². The first-order valence-electron chi connectivity index (χ1n) is 5.43. The summed E-state index contributed by atoms with van der Waals surface area (Å²) in [7, 11) is 0. The number of rotatable bonds is 1. The molecule has 0 spiro atoms. The van der Waals surface area contributed by atoms with Crippen molar-refractivity contribution in [1.82, 2.24) is 4.98 Å². The zero-order valence-electron chi connectivity index (χ0n) is 9.10. The van der Waals surface area contributed by atoms with E-state index in [2.05, 4.69) is 63.4 Å². The van der Waals surface area contributed by atoms with Gasteiger partial charge in [-0.25, -0.2) is 0 Å². The lowest BCUT2D eigenvalue weighted by Gasteiger charge is -2.07. The number of hydrogen-bond acceptors (Lipinski definition) is 1. The smallest absolute Gasteiger partial charge is 0.0346 e. The van der Waals surface area contributed by atoms with Crippen molar-refractivity contribution in [3.05, 3.63) is 65.4 Å². The topological polar surface area (TPSA) is 12.9 Å². The summed E-state index contributed by atoms with van der Waals surface area (Å²) in [5, 5.41) is 2.38.